The van der Waals surface area contributed by atoms with Gasteiger partial charge in [0, 0.05) is 25.3 Å². The highest BCUT2D eigenvalue weighted by atomic mass is 35.5. The highest BCUT2D eigenvalue weighted by Gasteiger charge is 2.14. The van der Waals surface area contributed by atoms with E-state index in [1.807, 2.05) is 18.2 Å². The van der Waals surface area contributed by atoms with Gasteiger partial charge in [0.05, 0.1) is 16.1 Å². The molecule has 0 saturated carbocycles. The van der Waals surface area contributed by atoms with E-state index >= 15 is 0 Å². The molecule has 0 amide bonds. The number of alkyl halides is 1. The summed E-state index contributed by atoms with van der Waals surface area (Å²) < 4.78 is 7.23. The molecule has 0 spiro atoms. The smallest absolute Gasteiger partial charge is 0.228 e. The molecular formula is C14H14Cl2N4O. The molecule has 0 radical (unpaired) electrons. The molecule has 5 nitrogen and oxygen atoms in total. The quantitative estimate of drug-likeness (QED) is 0.675. The molecule has 0 unspecified atom stereocenters. The molecule has 0 bridgehead atoms. The van der Waals surface area contributed by atoms with Gasteiger partial charge in [-0.1, -0.05) is 22.8 Å². The van der Waals surface area contributed by atoms with Gasteiger partial charge in [-0.2, -0.15) is 4.98 Å². The van der Waals surface area contributed by atoms with Crippen LogP contribution in [0.1, 0.15) is 17.5 Å². The van der Waals surface area contributed by atoms with Crippen molar-refractivity contribution < 1.29 is 4.52 Å². The van der Waals surface area contributed by atoms with Crippen molar-refractivity contribution in [2.75, 3.05) is 5.88 Å². The Labute approximate surface area is 131 Å². The second-order valence-electron chi connectivity index (χ2n) is 4.71. The first-order valence-electron chi connectivity index (χ1n) is 6.68. The summed E-state index contributed by atoms with van der Waals surface area (Å²) in [7, 11) is 0. The second-order valence-corrected chi connectivity index (χ2v) is 5.50. The maximum atomic E-state index is 6.32. The number of fused-ring (bicyclic) bond motifs is 1. The Morgan fingerprint density at radius 3 is 2.81 bits per heavy atom. The fourth-order valence-electron chi connectivity index (χ4n) is 2.36. The third-order valence-electron chi connectivity index (χ3n) is 3.23. The fraction of sp³-hybridized carbons (Fsp3) is 0.357. The molecule has 0 aliphatic carbocycles. The van der Waals surface area contributed by atoms with Crippen molar-refractivity contribution in [2.45, 2.75) is 26.3 Å². The Bertz CT molecular complexity index is 766. The van der Waals surface area contributed by atoms with Crippen LogP contribution in [-0.2, 0) is 19.4 Å². The minimum Gasteiger partial charge on any atom is -0.339 e. The van der Waals surface area contributed by atoms with Crippen LogP contribution in [0.15, 0.2) is 22.7 Å². The van der Waals surface area contributed by atoms with Crippen molar-refractivity contribution in [3.8, 4) is 0 Å². The van der Waals surface area contributed by atoms with Crippen LogP contribution >= 0.6 is 23.2 Å². The van der Waals surface area contributed by atoms with Gasteiger partial charge in [-0.3, -0.25) is 0 Å². The molecule has 7 heteroatoms. The number of imidazole rings is 1. The summed E-state index contributed by atoms with van der Waals surface area (Å²) in [5, 5.41) is 4.48. The van der Waals surface area contributed by atoms with Crippen molar-refractivity contribution in [3.05, 3.63) is 40.8 Å². The number of nitrogens with zero attached hydrogens (tertiary/aromatic N) is 4. The lowest BCUT2D eigenvalue weighted by molar-refractivity contribution is 0.368. The first-order chi connectivity index (χ1) is 10.2. The van der Waals surface area contributed by atoms with Crippen LogP contribution in [0.3, 0.4) is 0 Å². The summed E-state index contributed by atoms with van der Waals surface area (Å²) >= 11 is 12.2. The third-order valence-corrected chi connectivity index (χ3v) is 3.73. The van der Waals surface area contributed by atoms with E-state index in [1.165, 1.54) is 0 Å². The largest absolute Gasteiger partial charge is 0.339 e. The van der Waals surface area contributed by atoms with E-state index < -0.39 is 0 Å². The number of rotatable bonds is 5. The van der Waals surface area contributed by atoms with Crippen molar-refractivity contribution in [2.24, 2.45) is 0 Å². The van der Waals surface area contributed by atoms with E-state index in [4.69, 9.17) is 27.7 Å². The molecule has 2 heterocycles. The molecule has 0 saturated heterocycles. The van der Waals surface area contributed by atoms with Gasteiger partial charge in [0.15, 0.2) is 5.82 Å². The van der Waals surface area contributed by atoms with Crippen molar-refractivity contribution in [1.29, 1.82) is 0 Å². The average Bonchev–Trinajstić information content (AvgIpc) is 3.01. The highest BCUT2D eigenvalue weighted by molar-refractivity contribution is 6.35. The standard InChI is InChI=1S/C14H14Cl2N4O/c1-9-17-13(21-19-9)6-8-20-12(5-7-15)18-11-4-2-3-10(16)14(11)20/h2-4H,5-8H2,1H3. The number of hydrogen-bond donors (Lipinski definition) is 0. The topological polar surface area (TPSA) is 56.7 Å². The number of benzene rings is 1. The molecular weight excluding hydrogens is 311 g/mol. The van der Waals surface area contributed by atoms with E-state index in [0.29, 0.717) is 42.0 Å². The number of aromatic nitrogens is 4. The van der Waals surface area contributed by atoms with Gasteiger partial charge in [-0.15, -0.1) is 11.6 Å². The Morgan fingerprint density at radius 2 is 2.10 bits per heavy atom. The number of aryl methyl sites for hydroxylation is 4. The minimum atomic E-state index is 0.514. The molecule has 0 fully saturated rings. The number of hydrogen-bond acceptors (Lipinski definition) is 4. The summed E-state index contributed by atoms with van der Waals surface area (Å²) in [4.78, 5) is 8.83. The highest BCUT2D eigenvalue weighted by Crippen LogP contribution is 2.25. The monoisotopic (exact) mass is 324 g/mol. The van der Waals surface area contributed by atoms with Crippen LogP contribution in [0.5, 0.6) is 0 Å². The summed E-state index contributed by atoms with van der Waals surface area (Å²) in [5.74, 6) is 2.68. The SMILES string of the molecule is Cc1noc(CCn2c(CCCl)nc3cccc(Cl)c32)n1. The number of halogens is 2. The zero-order valence-electron chi connectivity index (χ0n) is 11.5. The molecule has 3 rings (SSSR count). The Morgan fingerprint density at radius 1 is 1.24 bits per heavy atom. The Hall–Kier alpha value is -1.59. The van der Waals surface area contributed by atoms with E-state index in [0.717, 1.165) is 16.9 Å². The normalized spacial score (nSPS) is 11.4. The summed E-state index contributed by atoms with van der Waals surface area (Å²) in [6.07, 6.45) is 1.32. The van der Waals surface area contributed by atoms with Gasteiger partial charge in [0.1, 0.15) is 5.82 Å². The molecule has 3 aromatic rings. The van der Waals surface area contributed by atoms with Crippen LogP contribution < -0.4 is 0 Å². The molecule has 21 heavy (non-hydrogen) atoms. The molecule has 110 valence electrons. The predicted octanol–water partition coefficient (Wildman–Crippen LogP) is 3.41. The van der Waals surface area contributed by atoms with Gasteiger partial charge >= 0.3 is 0 Å². The van der Waals surface area contributed by atoms with Gasteiger partial charge in [-0.25, -0.2) is 4.98 Å². The van der Waals surface area contributed by atoms with E-state index in [-0.39, 0.29) is 0 Å². The van der Waals surface area contributed by atoms with Crippen molar-refractivity contribution >= 4 is 34.2 Å². The van der Waals surface area contributed by atoms with Gasteiger partial charge in [0.25, 0.3) is 0 Å². The maximum absolute atomic E-state index is 6.32. The molecule has 0 N–H and O–H groups in total. The predicted molar refractivity (Wildman–Crippen MR) is 81.9 cm³/mol. The summed E-state index contributed by atoms with van der Waals surface area (Å²) in [6, 6.07) is 5.71. The lowest BCUT2D eigenvalue weighted by Crippen LogP contribution is -2.07. The Balaban J connectivity index is 1.96. The lowest BCUT2D eigenvalue weighted by Gasteiger charge is -2.07. The van der Waals surface area contributed by atoms with E-state index in [9.17, 15) is 0 Å². The van der Waals surface area contributed by atoms with Crippen LogP contribution in [0.25, 0.3) is 11.0 Å². The summed E-state index contributed by atoms with van der Waals surface area (Å²) in [5.41, 5.74) is 1.81. The first-order valence-corrected chi connectivity index (χ1v) is 7.59. The molecule has 0 atom stereocenters. The Kier molecular flexibility index (Phi) is 4.12. The number of para-hydroxylation sites is 1. The van der Waals surface area contributed by atoms with Gasteiger partial charge < -0.3 is 9.09 Å². The molecule has 2 aromatic heterocycles. The molecule has 1 aromatic carbocycles. The fourth-order valence-corrected chi connectivity index (χ4v) is 2.80. The second kappa shape index (κ2) is 6.03. The lowest BCUT2D eigenvalue weighted by atomic mass is 10.3. The third kappa shape index (κ3) is 2.89. The first kappa shape index (κ1) is 14.4. The van der Waals surface area contributed by atoms with Crippen molar-refractivity contribution in [3.63, 3.8) is 0 Å². The van der Waals surface area contributed by atoms with Crippen LogP contribution in [0, 0.1) is 6.92 Å². The summed E-state index contributed by atoms with van der Waals surface area (Å²) in [6.45, 7) is 2.48. The van der Waals surface area contributed by atoms with Gasteiger partial charge in [-0.05, 0) is 19.1 Å². The average molecular weight is 325 g/mol. The maximum Gasteiger partial charge on any atom is 0.228 e. The van der Waals surface area contributed by atoms with E-state index in [2.05, 4.69) is 19.7 Å². The zero-order valence-corrected chi connectivity index (χ0v) is 13.0. The van der Waals surface area contributed by atoms with E-state index in [1.54, 1.807) is 6.92 Å². The zero-order chi connectivity index (χ0) is 14.8. The van der Waals surface area contributed by atoms with Gasteiger partial charge in [0.2, 0.25) is 5.89 Å². The molecule has 0 aliphatic rings. The molecule has 0 aliphatic heterocycles. The van der Waals surface area contributed by atoms with Crippen LogP contribution in [0.4, 0.5) is 0 Å². The van der Waals surface area contributed by atoms with Crippen LogP contribution in [0.2, 0.25) is 5.02 Å². The van der Waals surface area contributed by atoms with Crippen LogP contribution in [-0.4, -0.2) is 25.6 Å². The van der Waals surface area contributed by atoms with Crippen molar-refractivity contribution in [1.82, 2.24) is 19.7 Å². The minimum absolute atomic E-state index is 0.514.